The number of rotatable bonds is 2. The normalized spacial score (nSPS) is 22.9. The number of alkyl halides is 3. The van der Waals surface area contributed by atoms with Gasteiger partial charge in [0.1, 0.15) is 0 Å². The molecule has 88 valence electrons. The number of nitrogens with zero attached hydrogens (tertiary/aromatic N) is 1. The molecule has 0 aromatic rings. The predicted octanol–water partition coefficient (Wildman–Crippen LogP) is 2.50. The van der Waals surface area contributed by atoms with Gasteiger partial charge in [-0.2, -0.15) is 13.2 Å². The summed E-state index contributed by atoms with van der Waals surface area (Å²) in [6.07, 6.45) is 1.94. The minimum Gasteiger partial charge on any atom is -0.342 e. The number of piperidine rings is 1. The molecule has 15 heavy (non-hydrogen) atoms. The van der Waals surface area contributed by atoms with Gasteiger partial charge in [0.15, 0.2) is 0 Å². The summed E-state index contributed by atoms with van der Waals surface area (Å²) in [4.78, 5) is 12.9. The maximum Gasteiger partial charge on any atom is 0.442 e. The van der Waals surface area contributed by atoms with Crippen LogP contribution in [0.1, 0.15) is 19.8 Å². The SMILES string of the molecule is C[C@H]1CCCN(C(=O)CSC(F)(F)F)C1. The van der Waals surface area contributed by atoms with Crippen molar-refractivity contribution < 1.29 is 18.0 Å². The van der Waals surface area contributed by atoms with Gasteiger partial charge in [-0.1, -0.05) is 6.92 Å². The average Bonchev–Trinajstić information content (AvgIpc) is 2.13. The van der Waals surface area contributed by atoms with Crippen LogP contribution >= 0.6 is 11.8 Å². The summed E-state index contributed by atoms with van der Waals surface area (Å²) in [5.74, 6) is -0.488. The van der Waals surface area contributed by atoms with Crippen molar-refractivity contribution in [3.8, 4) is 0 Å². The third-order valence-electron chi connectivity index (χ3n) is 2.37. The van der Waals surface area contributed by atoms with Crippen molar-refractivity contribution in [1.29, 1.82) is 0 Å². The second-order valence-electron chi connectivity index (χ2n) is 3.82. The van der Waals surface area contributed by atoms with Crippen molar-refractivity contribution in [2.45, 2.75) is 25.3 Å². The highest BCUT2D eigenvalue weighted by atomic mass is 32.2. The van der Waals surface area contributed by atoms with Gasteiger partial charge in [-0.05, 0) is 30.5 Å². The van der Waals surface area contributed by atoms with Gasteiger partial charge in [0.2, 0.25) is 5.91 Å². The monoisotopic (exact) mass is 241 g/mol. The first-order chi connectivity index (χ1) is 6.88. The maximum atomic E-state index is 11.9. The summed E-state index contributed by atoms with van der Waals surface area (Å²) < 4.78 is 35.6. The van der Waals surface area contributed by atoms with Gasteiger partial charge in [-0.15, -0.1) is 0 Å². The highest BCUT2D eigenvalue weighted by Crippen LogP contribution is 2.30. The van der Waals surface area contributed by atoms with Crippen LogP contribution in [0.4, 0.5) is 13.2 Å². The Hall–Kier alpha value is -0.390. The summed E-state index contributed by atoms with van der Waals surface area (Å²) >= 11 is -0.255. The molecule has 2 nitrogen and oxygen atoms in total. The molecule has 1 aliphatic rings. The van der Waals surface area contributed by atoms with Crippen LogP contribution in [-0.2, 0) is 4.79 Å². The molecule has 0 aliphatic carbocycles. The van der Waals surface area contributed by atoms with Crippen molar-refractivity contribution >= 4 is 17.7 Å². The summed E-state index contributed by atoms with van der Waals surface area (Å²) in [5.41, 5.74) is -4.31. The van der Waals surface area contributed by atoms with E-state index in [1.54, 1.807) is 0 Å². The van der Waals surface area contributed by atoms with E-state index in [2.05, 4.69) is 0 Å². The van der Waals surface area contributed by atoms with Gasteiger partial charge in [-0.25, -0.2) is 0 Å². The molecule has 0 bridgehead atoms. The van der Waals surface area contributed by atoms with Gasteiger partial charge >= 0.3 is 5.51 Å². The van der Waals surface area contributed by atoms with E-state index < -0.39 is 17.2 Å². The van der Waals surface area contributed by atoms with Crippen LogP contribution in [0.3, 0.4) is 0 Å². The fourth-order valence-electron chi connectivity index (χ4n) is 1.65. The van der Waals surface area contributed by atoms with Crippen molar-refractivity contribution in [2.24, 2.45) is 5.92 Å². The zero-order valence-corrected chi connectivity index (χ0v) is 9.33. The molecule has 0 aromatic carbocycles. The molecule has 0 radical (unpaired) electrons. The second-order valence-corrected chi connectivity index (χ2v) is 4.86. The van der Waals surface area contributed by atoms with E-state index >= 15 is 0 Å². The van der Waals surface area contributed by atoms with Crippen molar-refractivity contribution in [2.75, 3.05) is 18.8 Å². The van der Waals surface area contributed by atoms with E-state index in [1.165, 1.54) is 4.90 Å². The highest BCUT2D eigenvalue weighted by molar-refractivity contribution is 8.00. The van der Waals surface area contributed by atoms with Crippen LogP contribution in [0.25, 0.3) is 0 Å². The minimum absolute atomic E-state index is 0.255. The Labute approximate surface area is 91.2 Å². The predicted molar refractivity (Wildman–Crippen MR) is 53.5 cm³/mol. The zero-order valence-electron chi connectivity index (χ0n) is 8.51. The molecule has 1 atom stereocenters. The van der Waals surface area contributed by atoms with Crippen molar-refractivity contribution in [3.63, 3.8) is 0 Å². The second kappa shape index (κ2) is 5.09. The molecule has 6 heteroatoms. The summed E-state index contributed by atoms with van der Waals surface area (Å²) in [5, 5.41) is 0. The molecule has 1 aliphatic heterocycles. The quantitative estimate of drug-likeness (QED) is 0.740. The fourth-order valence-corrected chi connectivity index (χ4v) is 2.12. The lowest BCUT2D eigenvalue weighted by molar-refractivity contribution is -0.130. The van der Waals surface area contributed by atoms with Gasteiger partial charge in [0.05, 0.1) is 5.75 Å². The lowest BCUT2D eigenvalue weighted by Gasteiger charge is -2.30. The van der Waals surface area contributed by atoms with Gasteiger partial charge in [0, 0.05) is 13.1 Å². The maximum absolute atomic E-state index is 11.9. The number of carbonyl (C=O) groups excluding carboxylic acids is 1. The van der Waals surface area contributed by atoms with Crippen LogP contribution in [-0.4, -0.2) is 35.2 Å². The van der Waals surface area contributed by atoms with E-state index in [0.29, 0.717) is 19.0 Å². The van der Waals surface area contributed by atoms with E-state index in [1.807, 2.05) is 6.92 Å². The average molecular weight is 241 g/mol. The standard InChI is InChI=1S/C9H14F3NOS/c1-7-3-2-4-13(5-7)8(14)6-15-9(10,11)12/h7H,2-6H2,1H3/t7-/m0/s1. The Balaban J connectivity index is 2.33. The molecule has 0 aromatic heterocycles. The first kappa shape index (κ1) is 12.7. The number of likely N-dealkylation sites (tertiary alicyclic amines) is 1. The Bertz CT molecular complexity index is 232. The lowest BCUT2D eigenvalue weighted by atomic mass is 10.0. The summed E-state index contributed by atoms with van der Waals surface area (Å²) in [6, 6.07) is 0. The molecule has 0 saturated carbocycles. The molecule has 1 fully saturated rings. The minimum atomic E-state index is -4.31. The molecular weight excluding hydrogens is 227 g/mol. The van der Waals surface area contributed by atoms with Gasteiger partial charge < -0.3 is 4.90 Å². The van der Waals surface area contributed by atoms with E-state index in [9.17, 15) is 18.0 Å². The largest absolute Gasteiger partial charge is 0.442 e. The molecule has 0 unspecified atom stereocenters. The van der Waals surface area contributed by atoms with Gasteiger partial charge in [0.25, 0.3) is 0 Å². The van der Waals surface area contributed by atoms with Crippen molar-refractivity contribution in [1.82, 2.24) is 4.90 Å². The number of amides is 1. The number of thioether (sulfide) groups is 1. The Morgan fingerprint density at radius 1 is 1.53 bits per heavy atom. The highest BCUT2D eigenvalue weighted by Gasteiger charge is 2.31. The lowest BCUT2D eigenvalue weighted by Crippen LogP contribution is -2.40. The number of carbonyl (C=O) groups is 1. The van der Waals surface area contributed by atoms with E-state index in [4.69, 9.17) is 0 Å². The van der Waals surface area contributed by atoms with Crippen LogP contribution in [0.15, 0.2) is 0 Å². The third kappa shape index (κ3) is 4.77. The Morgan fingerprint density at radius 3 is 2.73 bits per heavy atom. The first-order valence-corrected chi connectivity index (χ1v) is 5.85. The summed E-state index contributed by atoms with van der Waals surface area (Å²) in [7, 11) is 0. The Morgan fingerprint density at radius 2 is 2.20 bits per heavy atom. The molecule has 1 saturated heterocycles. The number of halogens is 3. The summed E-state index contributed by atoms with van der Waals surface area (Å²) in [6.45, 7) is 3.20. The molecule has 1 heterocycles. The van der Waals surface area contributed by atoms with E-state index in [-0.39, 0.29) is 11.8 Å². The van der Waals surface area contributed by atoms with Crippen LogP contribution in [0.2, 0.25) is 0 Å². The van der Waals surface area contributed by atoms with Crippen LogP contribution in [0.5, 0.6) is 0 Å². The number of hydrogen-bond donors (Lipinski definition) is 0. The number of hydrogen-bond acceptors (Lipinski definition) is 2. The molecular formula is C9H14F3NOS. The van der Waals surface area contributed by atoms with Crippen LogP contribution < -0.4 is 0 Å². The third-order valence-corrected chi connectivity index (χ3v) is 3.09. The Kier molecular flexibility index (Phi) is 4.31. The fraction of sp³-hybridized carbons (Fsp3) is 0.889. The molecule has 1 amide bonds. The van der Waals surface area contributed by atoms with Gasteiger partial charge in [-0.3, -0.25) is 4.79 Å². The first-order valence-electron chi connectivity index (χ1n) is 4.87. The zero-order chi connectivity index (χ0) is 11.5. The van der Waals surface area contributed by atoms with Crippen molar-refractivity contribution in [3.05, 3.63) is 0 Å². The van der Waals surface area contributed by atoms with Crippen LogP contribution in [0, 0.1) is 5.92 Å². The molecule has 0 N–H and O–H groups in total. The topological polar surface area (TPSA) is 20.3 Å². The van der Waals surface area contributed by atoms with E-state index in [0.717, 1.165) is 12.8 Å². The molecule has 0 spiro atoms. The smallest absolute Gasteiger partial charge is 0.342 e. The molecule has 1 rings (SSSR count).